The molecule has 0 aliphatic carbocycles. The van der Waals surface area contributed by atoms with E-state index in [1.54, 1.807) is 0 Å². The second kappa shape index (κ2) is 6.48. The highest BCUT2D eigenvalue weighted by atomic mass is 35.5. The van der Waals surface area contributed by atoms with Gasteiger partial charge in [-0.15, -0.1) is 0 Å². The largest absolute Gasteiger partial charge is 0.314 e. The molecule has 2 atom stereocenters. The van der Waals surface area contributed by atoms with E-state index in [0.717, 1.165) is 23.6 Å². The van der Waals surface area contributed by atoms with Gasteiger partial charge < -0.3 is 5.32 Å². The van der Waals surface area contributed by atoms with Crippen molar-refractivity contribution in [3.63, 3.8) is 0 Å². The average Bonchev–Trinajstić information content (AvgIpc) is 2.25. The molecule has 90 valence electrons. The number of hydrogen-bond donors (Lipinski definition) is 1. The molecule has 0 saturated heterocycles. The van der Waals surface area contributed by atoms with E-state index >= 15 is 0 Å². The maximum Gasteiger partial charge on any atom is 0.0456 e. The number of hydrogen-bond acceptors (Lipinski definition) is 1. The molecular weight excluding hydrogens is 241 g/mol. The van der Waals surface area contributed by atoms with Crippen LogP contribution >= 0.6 is 23.2 Å². The van der Waals surface area contributed by atoms with Gasteiger partial charge in [0.05, 0.1) is 0 Å². The van der Waals surface area contributed by atoms with Crippen molar-refractivity contribution >= 4 is 23.2 Å². The molecule has 1 nitrogen and oxygen atoms in total. The fourth-order valence-electron chi connectivity index (χ4n) is 1.69. The standard InChI is InChI=1S/C13H19Cl2N/c1-4-7-16-10(3)9(2)12-6-5-11(14)8-13(12)15/h5-6,8-10,16H,4,7H2,1-3H3. The van der Waals surface area contributed by atoms with E-state index in [2.05, 4.69) is 26.1 Å². The second-order valence-corrected chi connectivity index (χ2v) is 5.04. The van der Waals surface area contributed by atoms with Crippen molar-refractivity contribution in [1.82, 2.24) is 5.32 Å². The minimum Gasteiger partial charge on any atom is -0.314 e. The van der Waals surface area contributed by atoms with Crippen LogP contribution < -0.4 is 5.32 Å². The molecule has 3 heteroatoms. The van der Waals surface area contributed by atoms with Crippen LogP contribution in [0.4, 0.5) is 0 Å². The Labute approximate surface area is 108 Å². The third-order valence-corrected chi connectivity index (χ3v) is 3.48. The van der Waals surface area contributed by atoms with Crippen molar-refractivity contribution in [2.75, 3.05) is 6.54 Å². The maximum atomic E-state index is 6.19. The lowest BCUT2D eigenvalue weighted by molar-refractivity contribution is 0.481. The van der Waals surface area contributed by atoms with Gasteiger partial charge in [0.2, 0.25) is 0 Å². The van der Waals surface area contributed by atoms with Gasteiger partial charge in [-0.1, -0.05) is 43.1 Å². The summed E-state index contributed by atoms with van der Waals surface area (Å²) in [4.78, 5) is 0. The van der Waals surface area contributed by atoms with E-state index in [-0.39, 0.29) is 0 Å². The quantitative estimate of drug-likeness (QED) is 0.822. The van der Waals surface area contributed by atoms with Gasteiger partial charge in [-0.3, -0.25) is 0 Å². The van der Waals surface area contributed by atoms with Gasteiger partial charge in [0.1, 0.15) is 0 Å². The fraction of sp³-hybridized carbons (Fsp3) is 0.538. The van der Waals surface area contributed by atoms with Crippen LogP contribution in [0.5, 0.6) is 0 Å². The Kier molecular flexibility index (Phi) is 5.60. The lowest BCUT2D eigenvalue weighted by Gasteiger charge is -2.22. The topological polar surface area (TPSA) is 12.0 Å². The smallest absolute Gasteiger partial charge is 0.0456 e. The first-order chi connectivity index (χ1) is 7.56. The van der Waals surface area contributed by atoms with Crippen molar-refractivity contribution in [2.45, 2.75) is 39.2 Å². The first-order valence-electron chi connectivity index (χ1n) is 5.74. The molecule has 0 saturated carbocycles. The summed E-state index contributed by atoms with van der Waals surface area (Å²) in [5, 5.41) is 4.93. The highest BCUT2D eigenvalue weighted by molar-refractivity contribution is 6.35. The molecule has 1 aromatic rings. The van der Waals surface area contributed by atoms with Crippen LogP contribution in [0.15, 0.2) is 18.2 Å². The molecule has 0 fully saturated rings. The predicted octanol–water partition coefficient (Wildman–Crippen LogP) is 4.49. The molecule has 0 heterocycles. The van der Waals surface area contributed by atoms with Gasteiger partial charge in [-0.2, -0.15) is 0 Å². The Morgan fingerprint density at radius 1 is 1.25 bits per heavy atom. The maximum absolute atomic E-state index is 6.19. The normalized spacial score (nSPS) is 14.8. The van der Waals surface area contributed by atoms with E-state index in [0.29, 0.717) is 17.0 Å². The molecule has 0 amide bonds. The Morgan fingerprint density at radius 2 is 1.94 bits per heavy atom. The summed E-state index contributed by atoms with van der Waals surface area (Å²) >= 11 is 12.1. The van der Waals surface area contributed by atoms with Crippen LogP contribution in [0.3, 0.4) is 0 Å². The second-order valence-electron chi connectivity index (χ2n) is 4.20. The SMILES string of the molecule is CCCNC(C)C(C)c1ccc(Cl)cc1Cl. The summed E-state index contributed by atoms with van der Waals surface area (Å²) < 4.78 is 0. The van der Waals surface area contributed by atoms with E-state index in [4.69, 9.17) is 23.2 Å². The number of halogens is 2. The third kappa shape index (κ3) is 3.65. The van der Waals surface area contributed by atoms with E-state index in [1.165, 1.54) is 0 Å². The molecule has 1 aromatic carbocycles. The first-order valence-corrected chi connectivity index (χ1v) is 6.50. The molecule has 1 N–H and O–H groups in total. The van der Waals surface area contributed by atoms with Gasteiger partial charge in [0.15, 0.2) is 0 Å². The Morgan fingerprint density at radius 3 is 2.50 bits per heavy atom. The summed E-state index contributed by atoms with van der Waals surface area (Å²) in [6.45, 7) is 7.57. The highest BCUT2D eigenvalue weighted by Gasteiger charge is 2.16. The van der Waals surface area contributed by atoms with Crippen molar-refractivity contribution in [2.24, 2.45) is 0 Å². The van der Waals surface area contributed by atoms with Gasteiger partial charge in [0.25, 0.3) is 0 Å². The van der Waals surface area contributed by atoms with Crippen LogP contribution in [0, 0.1) is 0 Å². The molecule has 2 unspecified atom stereocenters. The number of rotatable bonds is 5. The fourth-order valence-corrected chi connectivity index (χ4v) is 2.27. The molecule has 0 radical (unpaired) electrons. The van der Waals surface area contributed by atoms with Crippen LogP contribution in [0.1, 0.15) is 38.7 Å². The summed E-state index contributed by atoms with van der Waals surface area (Å²) in [5.41, 5.74) is 1.15. The molecular formula is C13H19Cl2N. The van der Waals surface area contributed by atoms with Crippen molar-refractivity contribution in [1.29, 1.82) is 0 Å². The van der Waals surface area contributed by atoms with Crippen LogP contribution in [-0.2, 0) is 0 Å². The predicted molar refractivity (Wildman–Crippen MR) is 72.6 cm³/mol. The molecule has 0 aliphatic heterocycles. The number of benzene rings is 1. The molecule has 1 rings (SSSR count). The molecule has 0 bridgehead atoms. The van der Waals surface area contributed by atoms with Crippen LogP contribution in [0.2, 0.25) is 10.0 Å². The first kappa shape index (κ1) is 13.8. The lowest BCUT2D eigenvalue weighted by atomic mass is 9.94. The van der Waals surface area contributed by atoms with Crippen molar-refractivity contribution < 1.29 is 0 Å². The summed E-state index contributed by atoms with van der Waals surface area (Å²) in [6, 6.07) is 6.13. The van der Waals surface area contributed by atoms with Crippen molar-refractivity contribution in [3.05, 3.63) is 33.8 Å². The van der Waals surface area contributed by atoms with Crippen LogP contribution in [0.25, 0.3) is 0 Å². The minimum absolute atomic E-state index is 0.385. The van der Waals surface area contributed by atoms with Gasteiger partial charge in [-0.25, -0.2) is 0 Å². The Hall–Kier alpha value is -0.240. The average molecular weight is 260 g/mol. The zero-order chi connectivity index (χ0) is 12.1. The highest BCUT2D eigenvalue weighted by Crippen LogP contribution is 2.29. The van der Waals surface area contributed by atoms with E-state index in [1.807, 2.05) is 18.2 Å². The van der Waals surface area contributed by atoms with Crippen molar-refractivity contribution in [3.8, 4) is 0 Å². The minimum atomic E-state index is 0.385. The third-order valence-electron chi connectivity index (χ3n) is 2.92. The zero-order valence-electron chi connectivity index (χ0n) is 10.1. The Bertz CT molecular complexity index is 339. The van der Waals surface area contributed by atoms with Gasteiger partial charge in [-0.05, 0) is 43.5 Å². The van der Waals surface area contributed by atoms with E-state index in [9.17, 15) is 0 Å². The molecule has 0 aromatic heterocycles. The van der Waals surface area contributed by atoms with Gasteiger partial charge >= 0.3 is 0 Å². The van der Waals surface area contributed by atoms with Gasteiger partial charge in [0, 0.05) is 16.1 Å². The summed E-state index contributed by atoms with van der Waals surface area (Å²) in [7, 11) is 0. The lowest BCUT2D eigenvalue weighted by Crippen LogP contribution is -2.31. The summed E-state index contributed by atoms with van der Waals surface area (Å²) in [6.07, 6.45) is 1.14. The zero-order valence-corrected chi connectivity index (χ0v) is 11.6. The summed E-state index contributed by atoms with van der Waals surface area (Å²) in [5.74, 6) is 0.385. The molecule has 16 heavy (non-hydrogen) atoms. The van der Waals surface area contributed by atoms with E-state index < -0.39 is 0 Å². The number of nitrogens with one attached hydrogen (secondary N) is 1. The molecule has 0 spiro atoms. The Balaban J connectivity index is 2.75. The van der Waals surface area contributed by atoms with Crippen LogP contribution in [-0.4, -0.2) is 12.6 Å². The monoisotopic (exact) mass is 259 g/mol. The molecule has 0 aliphatic rings.